The molecule has 1 saturated heterocycles. The number of methoxy groups -OCH3 is 1. The van der Waals surface area contributed by atoms with E-state index in [1.807, 2.05) is 53.4 Å². The minimum absolute atomic E-state index is 0.00653. The predicted octanol–water partition coefficient (Wildman–Crippen LogP) is 3.75. The van der Waals surface area contributed by atoms with E-state index in [2.05, 4.69) is 27.2 Å². The molecule has 154 valence electrons. The number of hydrogen-bond acceptors (Lipinski definition) is 4. The van der Waals surface area contributed by atoms with Crippen molar-refractivity contribution in [2.24, 2.45) is 0 Å². The highest BCUT2D eigenvalue weighted by atomic mass is 16.5. The van der Waals surface area contributed by atoms with E-state index < -0.39 is 0 Å². The summed E-state index contributed by atoms with van der Waals surface area (Å²) in [5.74, 6) is 0.733. The highest BCUT2D eigenvalue weighted by Gasteiger charge is 2.38. The summed E-state index contributed by atoms with van der Waals surface area (Å²) in [5.41, 5.74) is 3.27. The Morgan fingerprint density at radius 2 is 1.83 bits per heavy atom. The lowest BCUT2D eigenvalue weighted by atomic mass is 10.0. The monoisotopic (exact) mass is 402 g/mol. The highest BCUT2D eigenvalue weighted by Crippen LogP contribution is 2.34. The molecule has 1 atom stereocenters. The molecular formula is C24H26N4O2. The van der Waals surface area contributed by atoms with E-state index in [9.17, 15) is 4.79 Å². The van der Waals surface area contributed by atoms with Gasteiger partial charge in [-0.15, -0.1) is 0 Å². The van der Waals surface area contributed by atoms with Gasteiger partial charge in [0.25, 0.3) is 5.91 Å². The zero-order valence-electron chi connectivity index (χ0n) is 17.1. The van der Waals surface area contributed by atoms with E-state index in [0.717, 1.165) is 30.9 Å². The summed E-state index contributed by atoms with van der Waals surface area (Å²) in [4.78, 5) is 18.0. The molecule has 1 amide bonds. The van der Waals surface area contributed by atoms with Crippen molar-refractivity contribution < 1.29 is 9.53 Å². The van der Waals surface area contributed by atoms with E-state index in [1.54, 1.807) is 7.11 Å². The molecule has 2 heterocycles. The number of nitrogens with zero attached hydrogens (tertiary/aromatic N) is 3. The number of nitrogens with one attached hydrogen (secondary N) is 1. The van der Waals surface area contributed by atoms with Crippen LogP contribution in [0.2, 0.25) is 0 Å². The van der Waals surface area contributed by atoms with Gasteiger partial charge in [0.15, 0.2) is 0 Å². The topological polar surface area (TPSA) is 61.5 Å². The first-order valence-corrected chi connectivity index (χ1v) is 10.5. The molecule has 5 rings (SSSR count). The maximum absolute atomic E-state index is 13.5. The van der Waals surface area contributed by atoms with Gasteiger partial charge in [-0.1, -0.05) is 42.5 Å². The largest absolute Gasteiger partial charge is 0.496 e. The fourth-order valence-electron chi connectivity index (χ4n) is 4.36. The molecule has 1 aliphatic carbocycles. The number of rotatable bonds is 5. The van der Waals surface area contributed by atoms with Gasteiger partial charge in [0.2, 0.25) is 0 Å². The first kappa shape index (κ1) is 18.9. The first-order valence-electron chi connectivity index (χ1n) is 10.5. The van der Waals surface area contributed by atoms with Crippen LogP contribution in [0.1, 0.15) is 34.9 Å². The predicted molar refractivity (Wildman–Crippen MR) is 115 cm³/mol. The van der Waals surface area contributed by atoms with E-state index in [4.69, 9.17) is 4.74 Å². The van der Waals surface area contributed by atoms with Crippen molar-refractivity contribution >= 4 is 5.91 Å². The first-order chi connectivity index (χ1) is 14.7. The number of carbonyl (C=O) groups is 1. The number of H-pyrrole nitrogens is 1. The molecule has 6 heteroatoms. The standard InChI is InChI=1S/C24H26N4O2/c1-30-23-10-6-5-9-19(23)20-15-21(26-25-20)24(29)28-14-13-27(18-11-12-18)16-22(28)17-7-3-2-4-8-17/h2-10,15,18,22H,11-14,16H2,1H3,(H,25,26). The van der Waals surface area contributed by atoms with Gasteiger partial charge in [-0.25, -0.2) is 0 Å². The van der Waals surface area contributed by atoms with E-state index >= 15 is 0 Å². The number of amides is 1. The number of para-hydroxylation sites is 1. The Kier molecular flexibility index (Phi) is 5.01. The van der Waals surface area contributed by atoms with Crippen LogP contribution in [0.15, 0.2) is 60.7 Å². The third kappa shape index (κ3) is 3.59. The number of hydrogen-bond donors (Lipinski definition) is 1. The summed E-state index contributed by atoms with van der Waals surface area (Å²) >= 11 is 0. The van der Waals surface area contributed by atoms with Gasteiger partial charge < -0.3 is 9.64 Å². The number of piperazine rings is 1. The third-order valence-electron chi connectivity index (χ3n) is 6.11. The van der Waals surface area contributed by atoms with Crippen LogP contribution >= 0.6 is 0 Å². The second-order valence-corrected chi connectivity index (χ2v) is 8.02. The fraction of sp³-hybridized carbons (Fsp3) is 0.333. The van der Waals surface area contributed by atoms with Crippen molar-refractivity contribution in [2.45, 2.75) is 24.9 Å². The van der Waals surface area contributed by atoms with Gasteiger partial charge in [0, 0.05) is 31.2 Å². The van der Waals surface area contributed by atoms with Crippen molar-refractivity contribution in [3.63, 3.8) is 0 Å². The average molecular weight is 402 g/mol. The summed E-state index contributed by atoms with van der Waals surface area (Å²) in [6, 6.07) is 20.6. The lowest BCUT2D eigenvalue weighted by Gasteiger charge is -2.41. The van der Waals surface area contributed by atoms with Crippen LogP contribution < -0.4 is 4.74 Å². The number of carbonyl (C=O) groups excluding carboxylic acids is 1. The molecule has 3 aromatic rings. The Morgan fingerprint density at radius 3 is 2.60 bits per heavy atom. The Labute approximate surface area is 176 Å². The van der Waals surface area contributed by atoms with Gasteiger partial charge in [0.05, 0.1) is 18.8 Å². The van der Waals surface area contributed by atoms with Gasteiger partial charge in [0.1, 0.15) is 11.4 Å². The van der Waals surface area contributed by atoms with Crippen LogP contribution in [0.25, 0.3) is 11.3 Å². The molecule has 2 fully saturated rings. The highest BCUT2D eigenvalue weighted by molar-refractivity contribution is 5.94. The molecule has 1 aromatic heterocycles. The number of aromatic amines is 1. The second-order valence-electron chi connectivity index (χ2n) is 8.02. The maximum atomic E-state index is 13.5. The quantitative estimate of drug-likeness (QED) is 0.706. The zero-order valence-corrected chi connectivity index (χ0v) is 17.1. The van der Waals surface area contributed by atoms with Gasteiger partial charge in [-0.3, -0.25) is 14.8 Å². The Morgan fingerprint density at radius 1 is 1.07 bits per heavy atom. The average Bonchev–Trinajstić information content (AvgIpc) is 3.55. The van der Waals surface area contributed by atoms with Gasteiger partial charge in [-0.05, 0) is 36.6 Å². The summed E-state index contributed by atoms with van der Waals surface area (Å²) in [6.07, 6.45) is 2.55. The summed E-state index contributed by atoms with van der Waals surface area (Å²) in [6.45, 7) is 2.53. The Balaban J connectivity index is 1.42. The second kappa shape index (κ2) is 7.95. The summed E-state index contributed by atoms with van der Waals surface area (Å²) in [5, 5.41) is 7.36. The molecular weight excluding hydrogens is 376 g/mol. The molecule has 2 aromatic carbocycles. The Hall–Kier alpha value is -3.12. The fourth-order valence-corrected chi connectivity index (χ4v) is 4.36. The van der Waals surface area contributed by atoms with Crippen molar-refractivity contribution in [3.8, 4) is 17.0 Å². The lowest BCUT2D eigenvalue weighted by Crippen LogP contribution is -2.51. The van der Waals surface area contributed by atoms with Crippen LogP contribution in [-0.2, 0) is 0 Å². The summed E-state index contributed by atoms with van der Waals surface area (Å²) in [7, 11) is 1.64. The summed E-state index contributed by atoms with van der Waals surface area (Å²) < 4.78 is 5.45. The molecule has 0 spiro atoms. The van der Waals surface area contributed by atoms with Crippen LogP contribution in [0, 0.1) is 0 Å². The van der Waals surface area contributed by atoms with Crippen molar-refractivity contribution in [2.75, 3.05) is 26.7 Å². The number of ether oxygens (including phenoxy) is 1. The molecule has 1 N–H and O–H groups in total. The van der Waals surface area contributed by atoms with Gasteiger partial charge >= 0.3 is 0 Å². The van der Waals surface area contributed by atoms with Crippen LogP contribution in [0.4, 0.5) is 0 Å². The molecule has 1 saturated carbocycles. The zero-order chi connectivity index (χ0) is 20.5. The van der Waals surface area contributed by atoms with Crippen molar-refractivity contribution in [1.82, 2.24) is 20.0 Å². The SMILES string of the molecule is COc1ccccc1-c1cc(C(=O)N2CCN(C3CC3)CC2c2ccccc2)[nH]n1. The smallest absolute Gasteiger partial charge is 0.272 e. The van der Waals surface area contributed by atoms with Gasteiger partial charge in [-0.2, -0.15) is 5.10 Å². The molecule has 0 radical (unpaired) electrons. The van der Waals surface area contributed by atoms with Crippen molar-refractivity contribution in [3.05, 3.63) is 71.9 Å². The molecule has 6 nitrogen and oxygen atoms in total. The normalized spacial score (nSPS) is 19.6. The van der Waals surface area contributed by atoms with Crippen LogP contribution in [0.5, 0.6) is 5.75 Å². The Bertz CT molecular complexity index is 1030. The van der Waals surface area contributed by atoms with E-state index in [-0.39, 0.29) is 11.9 Å². The molecule has 1 unspecified atom stereocenters. The lowest BCUT2D eigenvalue weighted by molar-refractivity contribution is 0.0427. The number of benzene rings is 2. The van der Waals surface area contributed by atoms with Crippen molar-refractivity contribution in [1.29, 1.82) is 0 Å². The maximum Gasteiger partial charge on any atom is 0.272 e. The van der Waals surface area contributed by atoms with Crippen LogP contribution in [0.3, 0.4) is 0 Å². The third-order valence-corrected chi connectivity index (χ3v) is 6.11. The molecule has 30 heavy (non-hydrogen) atoms. The molecule has 1 aliphatic heterocycles. The number of aromatic nitrogens is 2. The van der Waals surface area contributed by atoms with E-state index in [0.29, 0.717) is 17.4 Å². The van der Waals surface area contributed by atoms with Crippen LogP contribution in [-0.4, -0.2) is 58.7 Å². The van der Waals surface area contributed by atoms with E-state index in [1.165, 1.54) is 18.4 Å². The molecule has 0 bridgehead atoms. The molecule has 2 aliphatic rings. The minimum Gasteiger partial charge on any atom is -0.496 e. The minimum atomic E-state index is -0.00653.